The third-order valence-corrected chi connectivity index (χ3v) is 6.22. The number of nitrogens with one attached hydrogen (secondary N) is 1. The number of anilines is 2. The number of benzene rings is 2. The van der Waals surface area contributed by atoms with Crippen molar-refractivity contribution in [1.82, 2.24) is 24.5 Å². The van der Waals surface area contributed by atoms with Gasteiger partial charge in [0, 0.05) is 35.9 Å². The average Bonchev–Trinajstić information content (AvgIpc) is 3.35. The third-order valence-electron chi connectivity index (χ3n) is 6.22. The molecular formula is C30H22N8. The van der Waals surface area contributed by atoms with Crippen LogP contribution in [0.2, 0.25) is 0 Å². The molecule has 6 aromatic rings. The molecule has 4 aromatic heterocycles. The van der Waals surface area contributed by atoms with Crippen LogP contribution in [0.25, 0.3) is 39.5 Å². The van der Waals surface area contributed by atoms with Crippen molar-refractivity contribution in [3.8, 4) is 34.4 Å². The largest absolute Gasteiger partial charge is 0.383 e. The lowest BCUT2D eigenvalue weighted by Gasteiger charge is -2.12. The first kappa shape index (κ1) is 22.9. The summed E-state index contributed by atoms with van der Waals surface area (Å²) >= 11 is 0. The zero-order valence-electron chi connectivity index (χ0n) is 20.3. The fraction of sp³-hybridized carbons (Fsp3) is 0.0333. The van der Waals surface area contributed by atoms with Gasteiger partial charge in [-0.3, -0.25) is 4.57 Å². The lowest BCUT2D eigenvalue weighted by molar-refractivity contribution is 1.06. The second kappa shape index (κ2) is 9.84. The molecule has 0 aliphatic heterocycles. The minimum absolute atomic E-state index is 0.377. The second-order valence-electron chi connectivity index (χ2n) is 8.67. The Bertz CT molecular complexity index is 1780. The van der Waals surface area contributed by atoms with Crippen molar-refractivity contribution in [3.05, 3.63) is 115 Å². The van der Waals surface area contributed by atoms with Crippen LogP contribution >= 0.6 is 0 Å². The van der Waals surface area contributed by atoms with E-state index in [2.05, 4.69) is 33.5 Å². The SMILES string of the molecule is N#Cc1cc(NCc2ccc(-n3c(-c4cccnc4N)nc4ccc(-c5ccccc5)nc43)cc2)ccn1. The summed E-state index contributed by atoms with van der Waals surface area (Å²) in [6.07, 6.45) is 3.29. The van der Waals surface area contributed by atoms with Crippen LogP contribution in [0.15, 0.2) is 103 Å². The molecule has 0 atom stereocenters. The maximum atomic E-state index is 9.08. The van der Waals surface area contributed by atoms with Crippen molar-refractivity contribution >= 4 is 22.7 Å². The second-order valence-corrected chi connectivity index (χ2v) is 8.67. The van der Waals surface area contributed by atoms with Crippen LogP contribution in [0.1, 0.15) is 11.3 Å². The number of pyridine rings is 3. The molecule has 4 heterocycles. The van der Waals surface area contributed by atoms with Crippen LogP contribution in [0, 0.1) is 11.3 Å². The Hall–Kier alpha value is -5.55. The van der Waals surface area contributed by atoms with Crippen LogP contribution in [0.5, 0.6) is 0 Å². The highest BCUT2D eigenvalue weighted by atomic mass is 15.1. The molecule has 0 aliphatic carbocycles. The molecule has 3 N–H and O–H groups in total. The number of aromatic nitrogens is 5. The molecule has 2 aromatic carbocycles. The fourth-order valence-electron chi connectivity index (χ4n) is 4.33. The van der Waals surface area contributed by atoms with E-state index in [9.17, 15) is 0 Å². The fourth-order valence-corrected chi connectivity index (χ4v) is 4.33. The Kier molecular flexibility index (Phi) is 5.92. The molecule has 0 amide bonds. The highest BCUT2D eigenvalue weighted by Gasteiger charge is 2.18. The highest BCUT2D eigenvalue weighted by Crippen LogP contribution is 2.31. The van der Waals surface area contributed by atoms with Crippen LogP contribution < -0.4 is 11.1 Å². The van der Waals surface area contributed by atoms with Gasteiger partial charge in [0.25, 0.3) is 0 Å². The van der Waals surface area contributed by atoms with Gasteiger partial charge in [-0.2, -0.15) is 5.26 Å². The number of nitriles is 1. The topological polar surface area (TPSA) is 118 Å². The van der Waals surface area contributed by atoms with Gasteiger partial charge in [0.15, 0.2) is 11.5 Å². The maximum Gasteiger partial charge on any atom is 0.165 e. The van der Waals surface area contributed by atoms with Crippen LogP contribution in [0.4, 0.5) is 11.5 Å². The number of nitrogens with two attached hydrogens (primary N) is 1. The van der Waals surface area contributed by atoms with Gasteiger partial charge in [0.2, 0.25) is 0 Å². The number of imidazole rings is 1. The van der Waals surface area contributed by atoms with E-state index in [1.807, 2.05) is 77.4 Å². The summed E-state index contributed by atoms with van der Waals surface area (Å²) in [5, 5.41) is 12.4. The summed E-state index contributed by atoms with van der Waals surface area (Å²) in [6.45, 7) is 0.596. The lowest BCUT2D eigenvalue weighted by atomic mass is 10.1. The van der Waals surface area contributed by atoms with Crippen molar-refractivity contribution < 1.29 is 0 Å². The van der Waals surface area contributed by atoms with Gasteiger partial charge in [-0.15, -0.1) is 0 Å². The molecule has 0 bridgehead atoms. The number of fused-ring (bicyclic) bond motifs is 1. The van der Waals surface area contributed by atoms with Crippen molar-refractivity contribution in [1.29, 1.82) is 5.26 Å². The first-order chi connectivity index (χ1) is 18.7. The first-order valence-electron chi connectivity index (χ1n) is 12.0. The monoisotopic (exact) mass is 494 g/mol. The quantitative estimate of drug-likeness (QED) is 0.309. The van der Waals surface area contributed by atoms with Gasteiger partial charge in [0.1, 0.15) is 23.1 Å². The number of rotatable bonds is 6. The van der Waals surface area contributed by atoms with Gasteiger partial charge in [-0.1, -0.05) is 42.5 Å². The molecule has 0 spiro atoms. The predicted octanol–water partition coefficient (Wildman–Crippen LogP) is 5.61. The third kappa shape index (κ3) is 4.40. The molecule has 0 aliphatic rings. The molecule has 0 saturated heterocycles. The number of hydrogen-bond acceptors (Lipinski definition) is 7. The van der Waals surface area contributed by atoms with Crippen molar-refractivity contribution in [2.45, 2.75) is 6.54 Å². The molecule has 0 saturated carbocycles. The molecule has 6 rings (SSSR count). The Labute approximate surface area is 219 Å². The summed E-state index contributed by atoms with van der Waals surface area (Å²) in [7, 11) is 0. The van der Waals surface area contributed by atoms with E-state index in [-0.39, 0.29) is 0 Å². The standard InChI is InChI=1S/C30H22N8/c31-18-23-17-22(14-16-33-23)35-19-20-8-10-24(11-9-20)38-29(25-7-4-15-34-28(25)32)37-27-13-12-26(36-30(27)38)21-5-2-1-3-6-21/h1-17H,19H2,(H2,32,34)(H,33,35). The summed E-state index contributed by atoms with van der Waals surface area (Å²) in [5.74, 6) is 1.08. The summed E-state index contributed by atoms with van der Waals surface area (Å²) in [6, 6.07) is 31.6. The molecule has 0 unspecified atom stereocenters. The first-order valence-corrected chi connectivity index (χ1v) is 12.0. The zero-order chi connectivity index (χ0) is 25.9. The van der Waals surface area contributed by atoms with E-state index in [0.717, 1.165) is 44.9 Å². The van der Waals surface area contributed by atoms with Gasteiger partial charge < -0.3 is 11.1 Å². The average molecular weight is 495 g/mol. The van der Waals surface area contributed by atoms with Crippen molar-refractivity contribution in [3.63, 3.8) is 0 Å². The van der Waals surface area contributed by atoms with Gasteiger partial charge in [-0.25, -0.2) is 19.9 Å². The van der Waals surface area contributed by atoms with Gasteiger partial charge >= 0.3 is 0 Å². The van der Waals surface area contributed by atoms with Gasteiger partial charge in [-0.05, 0) is 54.1 Å². The molecule has 182 valence electrons. The molecule has 8 heteroatoms. The van der Waals surface area contributed by atoms with Crippen LogP contribution in [-0.4, -0.2) is 24.5 Å². The van der Waals surface area contributed by atoms with Crippen LogP contribution in [0.3, 0.4) is 0 Å². The van der Waals surface area contributed by atoms with Crippen molar-refractivity contribution in [2.75, 3.05) is 11.1 Å². The number of nitrogens with zero attached hydrogens (tertiary/aromatic N) is 6. The van der Waals surface area contributed by atoms with E-state index in [1.54, 1.807) is 18.5 Å². The van der Waals surface area contributed by atoms with Crippen molar-refractivity contribution in [2.24, 2.45) is 0 Å². The van der Waals surface area contributed by atoms with E-state index in [0.29, 0.717) is 23.9 Å². The zero-order valence-corrected chi connectivity index (χ0v) is 20.3. The highest BCUT2D eigenvalue weighted by molar-refractivity contribution is 5.84. The molecule has 0 radical (unpaired) electrons. The number of nitrogen functional groups attached to an aromatic ring is 1. The Morgan fingerprint density at radius 1 is 0.842 bits per heavy atom. The smallest absolute Gasteiger partial charge is 0.165 e. The predicted molar refractivity (Wildman–Crippen MR) is 148 cm³/mol. The normalized spacial score (nSPS) is 10.8. The van der Waals surface area contributed by atoms with E-state index >= 15 is 0 Å². The molecule has 8 nitrogen and oxygen atoms in total. The summed E-state index contributed by atoms with van der Waals surface area (Å²) in [4.78, 5) is 18.2. The minimum atomic E-state index is 0.377. The summed E-state index contributed by atoms with van der Waals surface area (Å²) in [5.41, 5.74) is 13.6. The van der Waals surface area contributed by atoms with Crippen LogP contribution in [-0.2, 0) is 6.54 Å². The lowest BCUT2D eigenvalue weighted by Crippen LogP contribution is -2.03. The maximum absolute atomic E-state index is 9.08. The van der Waals surface area contributed by atoms with E-state index in [1.165, 1.54) is 0 Å². The Morgan fingerprint density at radius 3 is 2.47 bits per heavy atom. The Balaban J connectivity index is 1.41. The number of hydrogen-bond donors (Lipinski definition) is 2. The van der Waals surface area contributed by atoms with Gasteiger partial charge in [0.05, 0.1) is 11.3 Å². The van der Waals surface area contributed by atoms with E-state index in [4.69, 9.17) is 21.0 Å². The minimum Gasteiger partial charge on any atom is -0.383 e. The Morgan fingerprint density at radius 2 is 1.68 bits per heavy atom. The molecule has 0 fully saturated rings. The molecule has 38 heavy (non-hydrogen) atoms. The summed E-state index contributed by atoms with van der Waals surface area (Å²) < 4.78 is 2.02. The molecular weight excluding hydrogens is 472 g/mol. The van der Waals surface area contributed by atoms with E-state index < -0.39 is 0 Å².